The predicted molar refractivity (Wildman–Crippen MR) is 227 cm³/mol. The van der Waals surface area contributed by atoms with Gasteiger partial charge in [0.15, 0.2) is 11.6 Å². The van der Waals surface area contributed by atoms with Gasteiger partial charge in [-0.1, -0.05) is 71.8 Å². The van der Waals surface area contributed by atoms with E-state index in [-0.39, 0.29) is 30.1 Å². The summed E-state index contributed by atoms with van der Waals surface area (Å²) in [5, 5.41) is 10.4. The van der Waals surface area contributed by atoms with Gasteiger partial charge in [0, 0.05) is 22.6 Å². The zero-order chi connectivity index (χ0) is 40.8. The number of carbonyl (C=O) groups is 4. The molecule has 4 unspecified atom stereocenters. The van der Waals surface area contributed by atoms with Gasteiger partial charge in [-0.2, -0.15) is 0 Å². The van der Waals surface area contributed by atoms with Crippen LogP contribution in [0.25, 0.3) is 0 Å². The Morgan fingerprint density at radius 3 is 1.77 bits per heavy atom. The highest BCUT2D eigenvalue weighted by molar-refractivity contribution is 7.99. The van der Waals surface area contributed by atoms with Crippen LogP contribution in [0.5, 0.6) is 0 Å². The Morgan fingerprint density at radius 1 is 0.768 bits per heavy atom. The van der Waals surface area contributed by atoms with Gasteiger partial charge in [0.1, 0.15) is 17.9 Å². The molecule has 4 aromatic rings. The van der Waals surface area contributed by atoms with Crippen molar-refractivity contribution >= 4 is 47.0 Å². The van der Waals surface area contributed by atoms with Crippen LogP contribution < -0.4 is 0 Å². The summed E-state index contributed by atoms with van der Waals surface area (Å²) in [5.41, 5.74) is 7.49. The van der Waals surface area contributed by atoms with Gasteiger partial charge in [-0.25, -0.2) is 0 Å². The Labute approximate surface area is 341 Å². The highest BCUT2D eigenvalue weighted by Gasteiger charge is 2.39. The van der Waals surface area contributed by atoms with E-state index in [1.807, 2.05) is 102 Å². The van der Waals surface area contributed by atoms with Crippen molar-refractivity contribution < 1.29 is 33.8 Å². The van der Waals surface area contributed by atoms with Crippen molar-refractivity contribution in [1.29, 1.82) is 0 Å². The zero-order valence-corrected chi connectivity index (χ0v) is 35.4. The number of aliphatic hydroxyl groups is 1. The normalized spacial score (nSPS) is 16.3. The second-order valence-corrected chi connectivity index (χ2v) is 17.0. The minimum atomic E-state index is -0.992. The van der Waals surface area contributed by atoms with E-state index < -0.39 is 23.9 Å². The molecule has 0 saturated carbocycles. The van der Waals surface area contributed by atoms with Crippen molar-refractivity contribution in [1.82, 2.24) is 0 Å². The van der Waals surface area contributed by atoms with Crippen LogP contribution in [0.4, 0.5) is 0 Å². The fourth-order valence-corrected chi connectivity index (χ4v) is 9.30. The van der Waals surface area contributed by atoms with Gasteiger partial charge >= 0.3 is 11.9 Å². The van der Waals surface area contributed by atoms with Crippen molar-refractivity contribution in [3.63, 3.8) is 0 Å². The molecule has 0 amide bonds. The third-order valence-electron chi connectivity index (χ3n) is 9.89. The van der Waals surface area contributed by atoms with Crippen molar-refractivity contribution in [2.24, 2.45) is 0 Å². The molecular formula is C47H56O7S2. The largest absolute Gasteiger partial charge is 0.468 e. The number of aryl methyl sites for hydroxylation is 6. The summed E-state index contributed by atoms with van der Waals surface area (Å²) in [6, 6.07) is 28.3. The molecule has 4 aromatic carbocycles. The number of thioether (sulfide) groups is 2. The maximum absolute atomic E-state index is 12.9. The minimum Gasteiger partial charge on any atom is -0.468 e. The Hall–Kier alpha value is -4.18. The average molecular weight is 797 g/mol. The summed E-state index contributed by atoms with van der Waals surface area (Å²) in [6.45, 7) is 11.7. The molecule has 7 nitrogen and oxygen atoms in total. The highest BCUT2D eigenvalue weighted by Crippen LogP contribution is 2.34. The Kier molecular flexibility index (Phi) is 17.4. The number of aliphatic hydroxyl groups excluding tert-OH is 1. The van der Waals surface area contributed by atoms with Crippen molar-refractivity contribution in [2.75, 3.05) is 18.6 Å². The van der Waals surface area contributed by atoms with Crippen molar-refractivity contribution in [3.8, 4) is 0 Å². The van der Waals surface area contributed by atoms with Gasteiger partial charge in [-0.3, -0.25) is 19.2 Å². The molecule has 1 N–H and O–H groups in total. The SMILES string of the molecule is COC(=O)C(C(=O)CC(O)CCCSc1ccccc1)c1c(C)cc(C)cc1C.Cc1cc(C)c(C2C(=O)CC(CCCSc3ccccc3)OC2=O)c(C)c1. The predicted octanol–water partition coefficient (Wildman–Crippen LogP) is 9.91. The first-order valence-electron chi connectivity index (χ1n) is 19.3. The van der Waals surface area contributed by atoms with Crippen LogP contribution in [-0.4, -0.2) is 59.4 Å². The van der Waals surface area contributed by atoms with Crippen molar-refractivity contribution in [3.05, 3.63) is 129 Å². The van der Waals surface area contributed by atoms with Gasteiger partial charge in [0.05, 0.1) is 13.2 Å². The van der Waals surface area contributed by atoms with E-state index in [1.165, 1.54) is 16.9 Å². The molecular weight excluding hydrogens is 741 g/mol. The smallest absolute Gasteiger partial charge is 0.321 e. The van der Waals surface area contributed by atoms with E-state index >= 15 is 0 Å². The molecule has 1 aliphatic heterocycles. The molecule has 298 valence electrons. The Bertz CT molecular complexity index is 1880. The molecule has 0 bridgehead atoms. The van der Waals surface area contributed by atoms with E-state index in [2.05, 4.69) is 24.3 Å². The van der Waals surface area contributed by atoms with Crippen LogP contribution in [0.1, 0.15) is 94.9 Å². The molecule has 1 saturated heterocycles. The minimum absolute atomic E-state index is 0.0120. The van der Waals surface area contributed by atoms with Gasteiger partial charge in [-0.05, 0) is 136 Å². The Morgan fingerprint density at radius 2 is 1.27 bits per heavy atom. The lowest BCUT2D eigenvalue weighted by Crippen LogP contribution is -2.37. The lowest BCUT2D eigenvalue weighted by Gasteiger charge is -2.29. The Balaban J connectivity index is 0.000000249. The molecule has 0 aliphatic carbocycles. The fraction of sp³-hybridized carbons (Fsp3) is 0.404. The summed E-state index contributed by atoms with van der Waals surface area (Å²) in [7, 11) is 1.29. The summed E-state index contributed by atoms with van der Waals surface area (Å²) < 4.78 is 10.6. The number of ketones is 2. The maximum atomic E-state index is 12.9. The topological polar surface area (TPSA) is 107 Å². The molecule has 0 aromatic heterocycles. The molecule has 5 rings (SSSR count). The molecule has 4 atom stereocenters. The third kappa shape index (κ3) is 12.9. The molecule has 0 radical (unpaired) electrons. The number of esters is 2. The molecule has 1 heterocycles. The number of Topliss-reactive ketones (excluding diaryl/α,β-unsaturated/α-hetero) is 2. The monoisotopic (exact) mass is 796 g/mol. The van der Waals surface area contributed by atoms with Gasteiger partial charge in [0.2, 0.25) is 0 Å². The van der Waals surface area contributed by atoms with Gasteiger partial charge < -0.3 is 14.6 Å². The lowest BCUT2D eigenvalue weighted by molar-refractivity contribution is -0.161. The fourth-order valence-electron chi connectivity index (χ4n) is 7.50. The number of rotatable bonds is 16. The molecule has 1 fully saturated rings. The summed E-state index contributed by atoms with van der Waals surface area (Å²) in [6.07, 6.45) is 2.17. The van der Waals surface area contributed by atoms with E-state index in [0.29, 0.717) is 18.4 Å². The molecule has 0 spiro atoms. The van der Waals surface area contributed by atoms with Crippen LogP contribution in [0.2, 0.25) is 0 Å². The van der Waals surface area contributed by atoms with Crippen molar-refractivity contribution in [2.45, 2.75) is 114 Å². The quantitative estimate of drug-likeness (QED) is 0.0513. The third-order valence-corrected chi connectivity index (χ3v) is 12.1. The molecule has 1 aliphatic rings. The first kappa shape index (κ1) is 44.5. The maximum Gasteiger partial charge on any atom is 0.321 e. The first-order valence-corrected chi connectivity index (χ1v) is 21.3. The zero-order valence-electron chi connectivity index (χ0n) is 33.8. The number of hydrogen-bond donors (Lipinski definition) is 1. The lowest BCUT2D eigenvalue weighted by atomic mass is 9.83. The van der Waals surface area contributed by atoms with E-state index in [4.69, 9.17) is 9.47 Å². The highest BCUT2D eigenvalue weighted by atomic mass is 32.2. The number of methoxy groups -OCH3 is 1. The number of ether oxygens (including phenoxy) is 2. The van der Waals surface area contributed by atoms with Gasteiger partial charge in [0.25, 0.3) is 0 Å². The molecule has 9 heteroatoms. The summed E-state index contributed by atoms with van der Waals surface area (Å²) in [4.78, 5) is 53.1. The van der Waals surface area contributed by atoms with E-state index in [9.17, 15) is 24.3 Å². The van der Waals surface area contributed by atoms with E-state index in [1.54, 1.807) is 23.5 Å². The summed E-state index contributed by atoms with van der Waals surface area (Å²) in [5.74, 6) is -1.21. The second kappa shape index (κ2) is 21.9. The number of cyclic esters (lactones) is 1. The first-order chi connectivity index (χ1) is 26.8. The van der Waals surface area contributed by atoms with Crippen LogP contribution in [0.3, 0.4) is 0 Å². The van der Waals surface area contributed by atoms with Gasteiger partial charge in [-0.15, -0.1) is 23.5 Å². The number of hydrogen-bond acceptors (Lipinski definition) is 9. The second-order valence-electron chi connectivity index (χ2n) is 14.7. The summed E-state index contributed by atoms with van der Waals surface area (Å²) >= 11 is 3.52. The van der Waals surface area contributed by atoms with Crippen LogP contribution in [0, 0.1) is 41.5 Å². The van der Waals surface area contributed by atoms with Crippen LogP contribution in [0.15, 0.2) is 94.7 Å². The van der Waals surface area contributed by atoms with E-state index in [0.717, 1.165) is 69.7 Å². The van der Waals surface area contributed by atoms with Crippen LogP contribution >= 0.6 is 23.5 Å². The van der Waals surface area contributed by atoms with Crippen LogP contribution in [-0.2, 0) is 28.7 Å². The number of benzene rings is 4. The number of carbonyl (C=O) groups excluding carboxylic acids is 4. The molecule has 56 heavy (non-hydrogen) atoms. The average Bonchev–Trinajstić information content (AvgIpc) is 3.15. The standard InChI is InChI=1S/C24H30O4S.C23H26O3S/c1-16-13-17(2)22(18(3)14-16)23(24(27)28-4)21(26)15-19(25)9-8-12-29-20-10-6-5-7-11-20;1-15-12-16(2)21(17(3)13-15)22-20(24)14-18(26-23(22)25)8-7-11-27-19-9-5-4-6-10-19/h5-7,10-11,13-14,19,23,25H,8-9,12,15H2,1-4H3;4-6,9-10,12-13,18,22H,7-8,11,14H2,1-3H3.